The van der Waals surface area contributed by atoms with Gasteiger partial charge in [0.05, 0.1) is 16.3 Å². The molecular weight excluding hydrogens is 384 g/mol. The van der Waals surface area contributed by atoms with Crippen molar-refractivity contribution >= 4 is 34.0 Å². The molecule has 7 nitrogen and oxygen atoms in total. The van der Waals surface area contributed by atoms with Gasteiger partial charge in [-0.3, -0.25) is 0 Å². The zero-order chi connectivity index (χ0) is 19.8. The normalized spacial score (nSPS) is 17.0. The van der Waals surface area contributed by atoms with Crippen LogP contribution in [0.5, 0.6) is 0 Å². The van der Waals surface area contributed by atoms with E-state index in [0.29, 0.717) is 11.8 Å². The fourth-order valence-corrected chi connectivity index (χ4v) is 4.42. The number of piperidine rings is 1. The fraction of sp³-hybridized carbons (Fsp3) is 0.333. The van der Waals surface area contributed by atoms with E-state index in [4.69, 9.17) is 14.5 Å². The summed E-state index contributed by atoms with van der Waals surface area (Å²) in [4.78, 5) is 19.6. The summed E-state index contributed by atoms with van der Waals surface area (Å²) in [6.45, 7) is 1.76. The quantitative estimate of drug-likeness (QED) is 0.503. The Balaban J connectivity index is 1.52. The Labute approximate surface area is 173 Å². The first kappa shape index (κ1) is 18.1. The van der Waals surface area contributed by atoms with Crippen LogP contribution in [0.1, 0.15) is 24.7 Å². The van der Waals surface area contributed by atoms with Gasteiger partial charge >= 0.3 is 0 Å². The zero-order valence-electron chi connectivity index (χ0n) is 16.4. The molecule has 8 heteroatoms. The van der Waals surface area contributed by atoms with Crippen molar-refractivity contribution in [1.82, 2.24) is 20.1 Å². The molecule has 1 fully saturated rings. The van der Waals surface area contributed by atoms with E-state index in [2.05, 4.69) is 38.6 Å². The first-order valence-corrected chi connectivity index (χ1v) is 10.6. The summed E-state index contributed by atoms with van der Waals surface area (Å²) in [7, 11) is 3.84. The molecule has 1 unspecified atom stereocenters. The van der Waals surface area contributed by atoms with Gasteiger partial charge in [0, 0.05) is 32.6 Å². The van der Waals surface area contributed by atoms with Crippen LogP contribution in [0, 0.1) is 0 Å². The van der Waals surface area contributed by atoms with Crippen LogP contribution in [0.4, 0.5) is 11.8 Å². The number of rotatable bonds is 4. The lowest BCUT2D eigenvalue weighted by Gasteiger charge is -2.32. The van der Waals surface area contributed by atoms with Crippen molar-refractivity contribution in [3.63, 3.8) is 0 Å². The Morgan fingerprint density at radius 1 is 1.10 bits per heavy atom. The molecule has 0 radical (unpaired) electrons. The van der Waals surface area contributed by atoms with Gasteiger partial charge in [-0.05, 0) is 41.6 Å². The van der Waals surface area contributed by atoms with Crippen LogP contribution >= 0.6 is 11.3 Å². The van der Waals surface area contributed by atoms with Gasteiger partial charge < -0.3 is 14.3 Å². The van der Waals surface area contributed by atoms with Crippen molar-refractivity contribution in [2.45, 2.75) is 18.8 Å². The number of benzene rings is 1. The van der Waals surface area contributed by atoms with Crippen LogP contribution < -0.4 is 9.80 Å². The number of hydrogen-bond donors (Lipinski definition) is 0. The van der Waals surface area contributed by atoms with Crippen molar-refractivity contribution in [2.75, 3.05) is 37.0 Å². The lowest BCUT2D eigenvalue weighted by atomic mass is 9.97. The lowest BCUT2D eigenvalue weighted by molar-refractivity contribution is 0.333. The van der Waals surface area contributed by atoms with E-state index in [1.807, 2.05) is 37.2 Å². The molecular formula is C21H22N6OS. The molecule has 1 atom stereocenters. The Morgan fingerprint density at radius 3 is 2.79 bits per heavy atom. The number of nitrogens with zero attached hydrogens (tertiary/aromatic N) is 6. The van der Waals surface area contributed by atoms with Crippen LogP contribution in [-0.2, 0) is 0 Å². The summed E-state index contributed by atoms with van der Waals surface area (Å²) < 4.78 is 5.56. The molecule has 5 rings (SSSR count). The second-order valence-corrected chi connectivity index (χ2v) is 8.43. The van der Waals surface area contributed by atoms with Crippen LogP contribution in [-0.4, -0.2) is 47.3 Å². The molecule has 1 aliphatic rings. The molecule has 1 aromatic carbocycles. The number of hydrogen-bond acceptors (Lipinski definition) is 8. The van der Waals surface area contributed by atoms with Crippen molar-refractivity contribution in [2.24, 2.45) is 0 Å². The highest BCUT2D eigenvalue weighted by Gasteiger charge is 2.28. The molecule has 4 aromatic rings. The maximum Gasteiger partial charge on any atom is 0.265 e. The first-order valence-electron chi connectivity index (χ1n) is 9.75. The van der Waals surface area contributed by atoms with Crippen molar-refractivity contribution in [3.8, 4) is 10.7 Å². The predicted octanol–water partition coefficient (Wildman–Crippen LogP) is 4.19. The van der Waals surface area contributed by atoms with Crippen LogP contribution in [0.15, 0.2) is 46.3 Å². The van der Waals surface area contributed by atoms with Crippen LogP contribution in [0.3, 0.4) is 0 Å². The summed E-state index contributed by atoms with van der Waals surface area (Å²) >= 11 is 1.66. The monoisotopic (exact) mass is 406 g/mol. The van der Waals surface area contributed by atoms with E-state index in [0.717, 1.165) is 53.4 Å². The number of fused-ring (bicyclic) bond motifs is 1. The number of anilines is 2. The third kappa shape index (κ3) is 3.44. The largest absolute Gasteiger partial charge is 0.355 e. The molecule has 4 heterocycles. The number of thiophene rings is 1. The highest BCUT2D eigenvalue weighted by Crippen LogP contribution is 2.34. The summed E-state index contributed by atoms with van der Waals surface area (Å²) in [6.07, 6.45) is 2.09. The second kappa shape index (κ2) is 7.44. The standard InChI is InChI=1S/C21H22N6OS/c1-26(2)21-24-20(28-25-21)14-7-5-11-27(13-14)19-15-8-3-4-9-16(15)22-18(23-19)17-10-6-12-29-17/h3-4,6,8-10,12,14H,5,7,11,13H2,1-2H3. The molecule has 0 N–H and O–H groups in total. The highest BCUT2D eigenvalue weighted by molar-refractivity contribution is 7.13. The molecule has 0 amide bonds. The average Bonchev–Trinajstić information content (AvgIpc) is 3.45. The van der Waals surface area contributed by atoms with Gasteiger partial charge in [0.2, 0.25) is 5.89 Å². The molecule has 1 aliphatic heterocycles. The zero-order valence-corrected chi connectivity index (χ0v) is 17.3. The lowest BCUT2D eigenvalue weighted by Crippen LogP contribution is -2.35. The average molecular weight is 407 g/mol. The Hall–Kier alpha value is -3.00. The molecule has 29 heavy (non-hydrogen) atoms. The number of para-hydroxylation sites is 1. The minimum Gasteiger partial charge on any atom is -0.355 e. The van der Waals surface area contributed by atoms with E-state index in [9.17, 15) is 0 Å². The second-order valence-electron chi connectivity index (χ2n) is 7.48. The van der Waals surface area contributed by atoms with Gasteiger partial charge in [0.1, 0.15) is 5.82 Å². The molecule has 0 aliphatic carbocycles. The van der Waals surface area contributed by atoms with Crippen LogP contribution in [0.2, 0.25) is 0 Å². The van der Waals surface area contributed by atoms with Gasteiger partial charge in [-0.25, -0.2) is 9.97 Å². The van der Waals surface area contributed by atoms with Gasteiger partial charge in [-0.15, -0.1) is 11.3 Å². The van der Waals surface area contributed by atoms with Gasteiger partial charge in [0.25, 0.3) is 5.95 Å². The van der Waals surface area contributed by atoms with Crippen molar-refractivity contribution in [1.29, 1.82) is 0 Å². The maximum absolute atomic E-state index is 5.56. The summed E-state index contributed by atoms with van der Waals surface area (Å²) in [5.41, 5.74) is 0.968. The SMILES string of the molecule is CN(C)c1noc(C2CCCN(c3nc(-c4cccs4)nc4ccccc34)C2)n1. The minimum atomic E-state index is 0.198. The first-order chi connectivity index (χ1) is 14.2. The molecule has 1 saturated heterocycles. The summed E-state index contributed by atoms with van der Waals surface area (Å²) in [6, 6.07) is 12.3. The fourth-order valence-electron chi connectivity index (χ4n) is 3.76. The third-order valence-electron chi connectivity index (χ3n) is 5.23. The van der Waals surface area contributed by atoms with E-state index in [-0.39, 0.29) is 5.92 Å². The Bertz CT molecular complexity index is 1120. The predicted molar refractivity (Wildman–Crippen MR) is 116 cm³/mol. The van der Waals surface area contributed by atoms with E-state index in [1.54, 1.807) is 11.3 Å². The smallest absolute Gasteiger partial charge is 0.265 e. The third-order valence-corrected chi connectivity index (χ3v) is 6.09. The van der Waals surface area contributed by atoms with E-state index in [1.165, 1.54) is 0 Å². The van der Waals surface area contributed by atoms with Gasteiger partial charge in [-0.1, -0.05) is 18.2 Å². The van der Waals surface area contributed by atoms with Gasteiger partial charge in [0.15, 0.2) is 5.82 Å². The molecule has 0 spiro atoms. The maximum atomic E-state index is 5.56. The Kier molecular flexibility index (Phi) is 4.63. The van der Waals surface area contributed by atoms with Crippen LogP contribution in [0.25, 0.3) is 21.6 Å². The molecule has 0 saturated carbocycles. The van der Waals surface area contributed by atoms with Crippen molar-refractivity contribution < 1.29 is 4.52 Å². The highest BCUT2D eigenvalue weighted by atomic mass is 32.1. The van der Waals surface area contributed by atoms with Gasteiger partial charge in [-0.2, -0.15) is 4.98 Å². The van der Waals surface area contributed by atoms with Crippen molar-refractivity contribution in [3.05, 3.63) is 47.7 Å². The molecule has 148 valence electrons. The summed E-state index contributed by atoms with van der Waals surface area (Å²) in [5.74, 6) is 3.28. The minimum absolute atomic E-state index is 0.198. The molecule has 3 aromatic heterocycles. The van der Waals surface area contributed by atoms with E-state index >= 15 is 0 Å². The summed E-state index contributed by atoms with van der Waals surface area (Å²) in [5, 5.41) is 7.22. The topological polar surface area (TPSA) is 71.2 Å². The Morgan fingerprint density at radius 2 is 2.00 bits per heavy atom. The van der Waals surface area contributed by atoms with E-state index < -0.39 is 0 Å². The number of aromatic nitrogens is 4. The molecule has 0 bridgehead atoms.